The molecule has 0 aliphatic heterocycles. The van der Waals surface area contributed by atoms with Gasteiger partial charge in [0.1, 0.15) is 0 Å². The third kappa shape index (κ3) is 3.56. The molecule has 2 aromatic carbocycles. The summed E-state index contributed by atoms with van der Waals surface area (Å²) < 4.78 is 2.03. The molecule has 0 unspecified atom stereocenters. The van der Waals surface area contributed by atoms with Gasteiger partial charge in [-0.3, -0.25) is 4.99 Å². The summed E-state index contributed by atoms with van der Waals surface area (Å²) in [4.78, 5) is 5.36. The highest BCUT2D eigenvalue weighted by molar-refractivity contribution is 7.07. The summed E-state index contributed by atoms with van der Waals surface area (Å²) in [6, 6.07) is 21.3. The molecule has 132 valence electrons. The van der Waals surface area contributed by atoms with Gasteiger partial charge in [-0.1, -0.05) is 60.7 Å². The molecule has 1 aliphatic rings. The molecular weight excluding hydrogens is 338 g/mol. The normalized spacial score (nSPS) is 18.1. The SMILES string of the molecule is CN=c1scc(-c2ccccc2)n1N=C1CCC(c2ccccc2)CC1. The van der Waals surface area contributed by atoms with E-state index in [2.05, 4.69) is 65.0 Å². The molecule has 3 nitrogen and oxygen atoms in total. The quantitative estimate of drug-likeness (QED) is 0.605. The number of nitrogens with zero attached hydrogens (tertiary/aromatic N) is 3. The molecule has 26 heavy (non-hydrogen) atoms. The van der Waals surface area contributed by atoms with Gasteiger partial charge >= 0.3 is 0 Å². The zero-order valence-corrected chi connectivity index (χ0v) is 15.8. The zero-order chi connectivity index (χ0) is 17.8. The Hall–Kier alpha value is -2.46. The first-order valence-corrected chi connectivity index (χ1v) is 10.0. The summed E-state index contributed by atoms with van der Waals surface area (Å²) in [6.45, 7) is 0. The van der Waals surface area contributed by atoms with Crippen LogP contribution in [-0.4, -0.2) is 17.4 Å². The predicted molar refractivity (Wildman–Crippen MR) is 110 cm³/mol. The monoisotopic (exact) mass is 361 g/mol. The van der Waals surface area contributed by atoms with E-state index >= 15 is 0 Å². The molecule has 0 spiro atoms. The number of benzene rings is 2. The van der Waals surface area contributed by atoms with Crippen LogP contribution in [0.3, 0.4) is 0 Å². The van der Waals surface area contributed by atoms with E-state index in [1.54, 1.807) is 11.3 Å². The lowest BCUT2D eigenvalue weighted by Gasteiger charge is -2.23. The van der Waals surface area contributed by atoms with Crippen LogP contribution in [-0.2, 0) is 0 Å². The van der Waals surface area contributed by atoms with Gasteiger partial charge in [0.05, 0.1) is 5.69 Å². The molecular formula is C22H23N3S. The van der Waals surface area contributed by atoms with Gasteiger partial charge in [0.25, 0.3) is 0 Å². The molecule has 0 amide bonds. The summed E-state index contributed by atoms with van der Waals surface area (Å²) in [5.41, 5.74) is 5.04. The zero-order valence-electron chi connectivity index (χ0n) is 15.0. The van der Waals surface area contributed by atoms with Crippen LogP contribution in [0.4, 0.5) is 0 Å². The van der Waals surface area contributed by atoms with E-state index in [0.717, 1.165) is 23.3 Å². The van der Waals surface area contributed by atoms with E-state index in [1.165, 1.54) is 29.7 Å². The minimum Gasteiger partial charge on any atom is -0.261 e. The Kier molecular flexibility index (Phi) is 5.12. The summed E-state index contributed by atoms with van der Waals surface area (Å²) in [5, 5.41) is 7.15. The van der Waals surface area contributed by atoms with Gasteiger partial charge in [-0.2, -0.15) is 5.10 Å². The Balaban J connectivity index is 1.59. The molecule has 1 heterocycles. The number of rotatable bonds is 3. The second kappa shape index (κ2) is 7.83. The lowest BCUT2D eigenvalue weighted by molar-refractivity contribution is 0.562. The van der Waals surface area contributed by atoms with Crippen LogP contribution in [0.15, 0.2) is 76.1 Å². The molecule has 3 aromatic rings. The van der Waals surface area contributed by atoms with Gasteiger partial charge in [0.2, 0.25) is 4.80 Å². The number of hydrogen-bond acceptors (Lipinski definition) is 3. The number of thiazole rings is 1. The molecule has 1 aliphatic carbocycles. The molecule has 1 fully saturated rings. The number of aromatic nitrogens is 1. The van der Waals surface area contributed by atoms with Gasteiger partial charge in [-0.25, -0.2) is 4.68 Å². The lowest BCUT2D eigenvalue weighted by atomic mass is 9.83. The van der Waals surface area contributed by atoms with Crippen LogP contribution >= 0.6 is 11.3 Å². The molecule has 0 bridgehead atoms. The minimum atomic E-state index is 0.659. The van der Waals surface area contributed by atoms with Crippen LogP contribution in [0.25, 0.3) is 11.3 Å². The Bertz CT molecular complexity index is 942. The van der Waals surface area contributed by atoms with Crippen molar-refractivity contribution in [3.05, 3.63) is 76.4 Å². The lowest BCUT2D eigenvalue weighted by Crippen LogP contribution is -2.18. The fourth-order valence-electron chi connectivity index (χ4n) is 3.61. The third-order valence-electron chi connectivity index (χ3n) is 5.02. The van der Waals surface area contributed by atoms with Crippen LogP contribution in [0.1, 0.15) is 37.2 Å². The van der Waals surface area contributed by atoms with Crippen molar-refractivity contribution in [2.24, 2.45) is 10.1 Å². The van der Waals surface area contributed by atoms with Gasteiger partial charge < -0.3 is 0 Å². The van der Waals surface area contributed by atoms with Gasteiger partial charge in [-0.15, -0.1) is 11.3 Å². The fraction of sp³-hybridized carbons (Fsp3) is 0.273. The highest BCUT2D eigenvalue weighted by Gasteiger charge is 2.19. The summed E-state index contributed by atoms with van der Waals surface area (Å²) in [7, 11) is 1.84. The van der Waals surface area contributed by atoms with Gasteiger partial charge in [0.15, 0.2) is 0 Å². The topological polar surface area (TPSA) is 29.6 Å². The van der Waals surface area contributed by atoms with Crippen molar-refractivity contribution in [2.45, 2.75) is 31.6 Å². The third-order valence-corrected chi connectivity index (χ3v) is 5.93. The van der Waals surface area contributed by atoms with Crippen LogP contribution in [0, 0.1) is 0 Å². The van der Waals surface area contributed by atoms with Crippen molar-refractivity contribution in [1.82, 2.24) is 4.68 Å². The van der Waals surface area contributed by atoms with E-state index in [1.807, 2.05) is 17.8 Å². The predicted octanol–water partition coefficient (Wildman–Crippen LogP) is 5.31. The minimum absolute atomic E-state index is 0.659. The van der Waals surface area contributed by atoms with E-state index in [9.17, 15) is 0 Å². The smallest absolute Gasteiger partial charge is 0.205 e. The molecule has 0 atom stereocenters. The maximum Gasteiger partial charge on any atom is 0.205 e. The van der Waals surface area contributed by atoms with Crippen molar-refractivity contribution < 1.29 is 0 Å². The van der Waals surface area contributed by atoms with Crippen molar-refractivity contribution in [3.8, 4) is 11.3 Å². The average Bonchev–Trinajstić information content (AvgIpc) is 3.12. The van der Waals surface area contributed by atoms with Crippen LogP contribution in [0.2, 0.25) is 0 Å². The molecule has 0 saturated heterocycles. The number of hydrogen-bond donors (Lipinski definition) is 0. The second-order valence-electron chi connectivity index (χ2n) is 6.66. The highest BCUT2D eigenvalue weighted by atomic mass is 32.1. The standard InChI is InChI=1S/C22H23N3S/c1-23-22-25(21(16-26-22)19-10-6-3-7-11-19)24-20-14-12-18(13-15-20)17-8-4-2-5-9-17/h2-11,16,18H,12-15H2,1H3. The molecule has 0 N–H and O–H groups in total. The first-order chi connectivity index (χ1) is 12.8. The summed E-state index contributed by atoms with van der Waals surface area (Å²) in [5.74, 6) is 0.659. The van der Waals surface area contributed by atoms with E-state index < -0.39 is 0 Å². The van der Waals surface area contributed by atoms with Crippen LogP contribution < -0.4 is 4.80 Å². The summed E-state index contributed by atoms with van der Waals surface area (Å²) >= 11 is 1.65. The Morgan fingerprint density at radius 2 is 1.58 bits per heavy atom. The fourth-order valence-corrected chi connectivity index (χ4v) is 4.40. The largest absolute Gasteiger partial charge is 0.261 e. The molecule has 4 heteroatoms. The summed E-state index contributed by atoms with van der Waals surface area (Å²) in [6.07, 6.45) is 4.46. The van der Waals surface area contributed by atoms with Gasteiger partial charge in [-0.05, 0) is 37.2 Å². The Morgan fingerprint density at radius 3 is 2.23 bits per heavy atom. The first kappa shape index (κ1) is 17.0. The molecule has 1 aromatic heterocycles. The maximum absolute atomic E-state index is 5.00. The van der Waals surface area contributed by atoms with E-state index in [0.29, 0.717) is 5.92 Å². The van der Waals surface area contributed by atoms with Gasteiger partial charge in [0, 0.05) is 23.7 Å². The molecule has 1 saturated carbocycles. The van der Waals surface area contributed by atoms with Crippen molar-refractivity contribution >= 4 is 17.0 Å². The first-order valence-electron chi connectivity index (χ1n) is 9.15. The Labute approximate surface area is 158 Å². The average molecular weight is 362 g/mol. The Morgan fingerprint density at radius 1 is 0.923 bits per heavy atom. The highest BCUT2D eigenvalue weighted by Crippen LogP contribution is 2.31. The maximum atomic E-state index is 5.00. The van der Waals surface area contributed by atoms with E-state index in [-0.39, 0.29) is 0 Å². The van der Waals surface area contributed by atoms with Crippen molar-refractivity contribution in [1.29, 1.82) is 0 Å². The van der Waals surface area contributed by atoms with Crippen molar-refractivity contribution in [2.75, 3.05) is 7.05 Å². The van der Waals surface area contributed by atoms with E-state index in [4.69, 9.17) is 5.10 Å². The van der Waals surface area contributed by atoms with Crippen LogP contribution in [0.5, 0.6) is 0 Å². The van der Waals surface area contributed by atoms with Crippen molar-refractivity contribution in [3.63, 3.8) is 0 Å². The molecule has 0 radical (unpaired) electrons. The second-order valence-corrected chi connectivity index (χ2v) is 7.49. The molecule has 4 rings (SSSR count).